The number of aromatic nitrogens is 3. The van der Waals surface area contributed by atoms with Crippen LogP contribution in [0.1, 0.15) is 30.3 Å². The highest BCUT2D eigenvalue weighted by Crippen LogP contribution is 2.29. The zero-order valence-electron chi connectivity index (χ0n) is 16.4. The normalized spacial score (nSPS) is 10.9. The number of anilines is 2. The lowest BCUT2D eigenvalue weighted by atomic mass is 10.1. The Balaban J connectivity index is 1.64. The maximum atomic E-state index is 12.9. The van der Waals surface area contributed by atoms with Gasteiger partial charge in [0.05, 0.1) is 16.9 Å². The number of H-pyrrole nitrogens is 2. The Morgan fingerprint density at radius 1 is 1.10 bits per heavy atom. The van der Waals surface area contributed by atoms with Gasteiger partial charge in [-0.2, -0.15) is 0 Å². The number of nitrogens with zero attached hydrogens (tertiary/aromatic N) is 1. The summed E-state index contributed by atoms with van der Waals surface area (Å²) in [6.07, 6.45) is 1.15. The fourth-order valence-electron chi connectivity index (χ4n) is 3.18. The summed E-state index contributed by atoms with van der Waals surface area (Å²) in [5, 5.41) is 10.5. The van der Waals surface area contributed by atoms with Crippen LogP contribution in [0.15, 0.2) is 51.8 Å². The molecule has 0 spiro atoms. The molecule has 4 aromatic rings. The van der Waals surface area contributed by atoms with Gasteiger partial charge in [0, 0.05) is 22.4 Å². The largest absolute Gasteiger partial charge is 0.439 e. The monoisotopic (exact) mass is 439 g/mol. The van der Waals surface area contributed by atoms with Crippen LogP contribution in [-0.2, 0) is 4.79 Å². The van der Waals surface area contributed by atoms with Crippen LogP contribution in [0.4, 0.5) is 11.4 Å². The van der Waals surface area contributed by atoms with Crippen molar-refractivity contribution in [2.24, 2.45) is 0 Å². The Kier molecular flexibility index (Phi) is 5.59. The van der Waals surface area contributed by atoms with Gasteiger partial charge in [0.1, 0.15) is 5.69 Å². The van der Waals surface area contributed by atoms with Crippen LogP contribution in [0, 0.1) is 0 Å². The van der Waals surface area contributed by atoms with Crippen LogP contribution in [-0.4, -0.2) is 26.9 Å². The molecular formula is C21H18ClN5O4. The Bertz CT molecular complexity index is 1340. The fraction of sp³-hybridized carbons (Fsp3) is 0.143. The number of rotatable bonds is 6. The number of para-hydroxylation sites is 1. The minimum Gasteiger partial charge on any atom is -0.349 e. The van der Waals surface area contributed by atoms with Gasteiger partial charge in [0.2, 0.25) is 5.91 Å². The van der Waals surface area contributed by atoms with Crippen molar-refractivity contribution >= 4 is 45.7 Å². The first-order chi connectivity index (χ1) is 14.9. The van der Waals surface area contributed by atoms with Gasteiger partial charge in [0.15, 0.2) is 5.82 Å². The van der Waals surface area contributed by atoms with Crippen LogP contribution >= 0.6 is 11.6 Å². The Hall–Kier alpha value is -3.85. The summed E-state index contributed by atoms with van der Waals surface area (Å²) in [6.45, 7) is 1.93. The lowest BCUT2D eigenvalue weighted by Gasteiger charge is -2.09. The van der Waals surface area contributed by atoms with Crippen molar-refractivity contribution in [1.82, 2.24) is 15.1 Å². The molecule has 0 aliphatic heterocycles. The van der Waals surface area contributed by atoms with Gasteiger partial charge >= 0.3 is 5.76 Å². The second-order valence-corrected chi connectivity index (χ2v) is 7.28. The van der Waals surface area contributed by atoms with Gasteiger partial charge in [-0.25, -0.2) is 4.79 Å². The van der Waals surface area contributed by atoms with Crippen molar-refractivity contribution in [3.63, 3.8) is 0 Å². The molecule has 2 amide bonds. The van der Waals surface area contributed by atoms with Crippen molar-refractivity contribution in [1.29, 1.82) is 0 Å². The molecule has 2 aromatic heterocycles. The highest BCUT2D eigenvalue weighted by atomic mass is 35.5. The van der Waals surface area contributed by atoms with Crippen LogP contribution in [0.25, 0.3) is 22.3 Å². The van der Waals surface area contributed by atoms with Crippen LogP contribution in [0.5, 0.6) is 0 Å². The molecule has 0 unspecified atom stereocenters. The van der Waals surface area contributed by atoms with E-state index in [2.05, 4.69) is 30.3 Å². The average Bonchev–Trinajstić information content (AvgIpc) is 3.36. The lowest BCUT2D eigenvalue weighted by Crippen LogP contribution is -2.13. The maximum absolute atomic E-state index is 12.9. The molecule has 0 fully saturated rings. The van der Waals surface area contributed by atoms with Gasteiger partial charge in [-0.1, -0.05) is 35.8 Å². The number of hydrogen-bond acceptors (Lipinski definition) is 5. The number of benzene rings is 2. The van der Waals surface area contributed by atoms with E-state index in [-0.39, 0.29) is 11.7 Å². The highest BCUT2D eigenvalue weighted by molar-refractivity contribution is 6.31. The third-order valence-corrected chi connectivity index (χ3v) is 4.81. The molecule has 31 heavy (non-hydrogen) atoms. The predicted octanol–water partition coefficient (Wildman–Crippen LogP) is 4.16. The van der Waals surface area contributed by atoms with Crippen molar-refractivity contribution in [3.8, 4) is 11.4 Å². The van der Waals surface area contributed by atoms with Gasteiger partial charge in [-0.05, 0) is 36.8 Å². The minimum absolute atomic E-state index is 0.0944. The topological polar surface area (TPSA) is 133 Å². The summed E-state index contributed by atoms with van der Waals surface area (Å²) < 4.78 is 4.55. The Morgan fingerprint density at radius 3 is 2.68 bits per heavy atom. The summed E-state index contributed by atoms with van der Waals surface area (Å²) in [5.74, 6) is -1.10. The maximum Gasteiger partial charge on any atom is 0.439 e. The van der Waals surface area contributed by atoms with Gasteiger partial charge in [-0.3, -0.25) is 19.1 Å². The fourth-order valence-corrected chi connectivity index (χ4v) is 3.35. The number of carbonyl (C=O) groups is 2. The average molecular weight is 440 g/mol. The molecule has 4 N–H and O–H groups in total. The van der Waals surface area contributed by atoms with Gasteiger partial charge in [0.25, 0.3) is 5.91 Å². The van der Waals surface area contributed by atoms with E-state index in [0.29, 0.717) is 39.6 Å². The van der Waals surface area contributed by atoms with Crippen molar-refractivity contribution in [3.05, 3.63) is 63.7 Å². The first-order valence-electron chi connectivity index (χ1n) is 9.53. The summed E-state index contributed by atoms with van der Waals surface area (Å²) >= 11 is 6.06. The Labute approximate surface area is 180 Å². The molecular weight excluding hydrogens is 422 g/mol. The number of nitrogens with one attached hydrogen (secondary N) is 4. The lowest BCUT2D eigenvalue weighted by molar-refractivity contribution is -0.116. The number of hydrogen-bond donors (Lipinski definition) is 4. The molecule has 4 rings (SSSR count). The highest BCUT2D eigenvalue weighted by Gasteiger charge is 2.17. The van der Waals surface area contributed by atoms with Crippen molar-refractivity contribution in [2.75, 3.05) is 10.6 Å². The van der Waals surface area contributed by atoms with E-state index < -0.39 is 11.7 Å². The van der Waals surface area contributed by atoms with E-state index in [9.17, 15) is 14.4 Å². The predicted molar refractivity (Wildman–Crippen MR) is 117 cm³/mol. The third kappa shape index (κ3) is 4.36. The molecule has 10 heteroatoms. The van der Waals surface area contributed by atoms with E-state index in [4.69, 9.17) is 11.6 Å². The first-order valence-corrected chi connectivity index (χ1v) is 9.91. The van der Waals surface area contributed by atoms with E-state index in [0.717, 1.165) is 11.8 Å². The number of aromatic amines is 2. The Morgan fingerprint density at radius 2 is 1.94 bits per heavy atom. The summed E-state index contributed by atoms with van der Waals surface area (Å²) in [4.78, 5) is 41.7. The van der Waals surface area contributed by atoms with E-state index in [1.807, 2.05) is 13.0 Å². The first kappa shape index (κ1) is 20.4. The van der Waals surface area contributed by atoms with Gasteiger partial charge < -0.3 is 15.6 Å². The minimum atomic E-state index is -0.722. The number of halogens is 1. The molecule has 0 bridgehead atoms. The number of fused-ring (bicyclic) bond motifs is 1. The zero-order valence-corrected chi connectivity index (χ0v) is 17.2. The molecule has 0 aliphatic rings. The SMILES string of the molecule is CCCC(=O)Nc1cccc2cc(C(=O)Nc3ccc(Cl)cc3-c3noc(=O)[nH]3)[nH]c12. The smallest absolute Gasteiger partial charge is 0.349 e. The van der Waals surface area contributed by atoms with Crippen molar-refractivity contribution < 1.29 is 14.1 Å². The quantitative estimate of drug-likeness (QED) is 0.358. The second-order valence-electron chi connectivity index (χ2n) is 6.84. The van der Waals surface area contributed by atoms with Crippen molar-refractivity contribution in [2.45, 2.75) is 19.8 Å². The summed E-state index contributed by atoms with van der Waals surface area (Å²) in [5.41, 5.74) is 2.32. The number of carbonyl (C=O) groups excluding carboxylic acids is 2. The zero-order chi connectivity index (χ0) is 22.0. The molecule has 2 heterocycles. The van der Waals surface area contributed by atoms with Crippen LogP contribution < -0.4 is 16.4 Å². The van der Waals surface area contributed by atoms with E-state index in [1.165, 1.54) is 0 Å². The third-order valence-electron chi connectivity index (χ3n) is 4.58. The molecule has 0 atom stereocenters. The number of amides is 2. The standard InChI is InChI=1S/C21H18ClN5O4/c1-2-4-17(28)23-15-6-3-5-11-9-16(24-18(11)15)20(29)25-14-8-7-12(22)10-13(14)19-26-21(30)31-27-19/h3,5-10,24H,2,4H2,1H3,(H,23,28)(H,25,29)(H,26,27,30). The second kappa shape index (κ2) is 8.49. The molecule has 9 nitrogen and oxygen atoms in total. The van der Waals surface area contributed by atoms with Crippen LogP contribution in [0.3, 0.4) is 0 Å². The molecule has 0 radical (unpaired) electrons. The molecule has 0 saturated carbocycles. The molecule has 0 saturated heterocycles. The van der Waals surface area contributed by atoms with E-state index in [1.54, 1.807) is 36.4 Å². The molecule has 158 valence electrons. The summed E-state index contributed by atoms with van der Waals surface area (Å²) in [7, 11) is 0. The molecule has 0 aliphatic carbocycles. The summed E-state index contributed by atoms with van der Waals surface area (Å²) in [6, 6.07) is 11.9. The van der Waals surface area contributed by atoms with Gasteiger partial charge in [-0.15, -0.1) is 0 Å². The van der Waals surface area contributed by atoms with Crippen LogP contribution in [0.2, 0.25) is 5.02 Å². The molecule has 2 aromatic carbocycles. The van der Waals surface area contributed by atoms with E-state index >= 15 is 0 Å².